The molecule has 21 heavy (non-hydrogen) atoms. The molecule has 0 radical (unpaired) electrons. The van der Waals surface area contributed by atoms with E-state index in [-0.39, 0.29) is 17.9 Å². The molecule has 2 amide bonds. The van der Waals surface area contributed by atoms with Crippen LogP contribution in [0, 0.1) is 0 Å². The van der Waals surface area contributed by atoms with Gasteiger partial charge in [-0.2, -0.15) is 0 Å². The summed E-state index contributed by atoms with van der Waals surface area (Å²) in [7, 11) is 0. The lowest BCUT2D eigenvalue weighted by Gasteiger charge is -2.44. The lowest BCUT2D eigenvalue weighted by Crippen LogP contribution is -2.68. The number of rotatable bonds is 3. The Morgan fingerprint density at radius 3 is 2.67 bits per heavy atom. The number of carbonyl (C=O) groups excluding carboxylic acids is 2. The first-order valence-corrected chi connectivity index (χ1v) is 9.04. The zero-order valence-electron chi connectivity index (χ0n) is 12.0. The Balaban J connectivity index is 1.89. The van der Waals surface area contributed by atoms with Crippen LogP contribution in [0.5, 0.6) is 0 Å². The quantitative estimate of drug-likeness (QED) is 0.888. The minimum atomic E-state index is -0.628. The lowest BCUT2D eigenvalue weighted by atomic mass is 9.90. The Bertz CT molecular complexity index is 566. The largest absolute Gasteiger partial charge is 0.340 e. The summed E-state index contributed by atoms with van der Waals surface area (Å²) in [6.45, 7) is 2.49. The van der Waals surface area contributed by atoms with Gasteiger partial charge in [-0.15, -0.1) is 11.3 Å². The third-order valence-corrected chi connectivity index (χ3v) is 6.12. The van der Waals surface area contributed by atoms with Crippen molar-refractivity contribution < 1.29 is 9.59 Å². The van der Waals surface area contributed by atoms with Crippen LogP contribution in [0.2, 0.25) is 0 Å². The average molecular weight is 371 g/mol. The summed E-state index contributed by atoms with van der Waals surface area (Å²) in [5, 5.41) is 3.03. The van der Waals surface area contributed by atoms with Crippen LogP contribution in [0.3, 0.4) is 0 Å². The molecule has 1 atom stereocenters. The van der Waals surface area contributed by atoms with E-state index in [1.807, 2.05) is 19.1 Å². The third kappa shape index (κ3) is 2.63. The second-order valence-corrected chi connectivity index (χ2v) is 8.39. The topological polar surface area (TPSA) is 49.4 Å². The zero-order valence-corrected chi connectivity index (χ0v) is 14.4. The second kappa shape index (κ2) is 5.72. The van der Waals surface area contributed by atoms with Crippen LogP contribution in [-0.2, 0) is 16.1 Å². The van der Waals surface area contributed by atoms with Gasteiger partial charge in [0.1, 0.15) is 11.6 Å². The van der Waals surface area contributed by atoms with Crippen molar-refractivity contribution in [3.63, 3.8) is 0 Å². The molecule has 2 fully saturated rings. The molecule has 4 nitrogen and oxygen atoms in total. The van der Waals surface area contributed by atoms with Gasteiger partial charge in [0.25, 0.3) is 0 Å². The van der Waals surface area contributed by atoms with Gasteiger partial charge in [0.15, 0.2) is 0 Å². The Morgan fingerprint density at radius 2 is 2.10 bits per heavy atom. The van der Waals surface area contributed by atoms with Crippen molar-refractivity contribution in [1.82, 2.24) is 10.2 Å². The number of nitrogens with zero attached hydrogens (tertiary/aromatic N) is 1. The number of thiophene rings is 1. The van der Waals surface area contributed by atoms with Gasteiger partial charge < -0.3 is 10.2 Å². The number of piperazine rings is 1. The molecule has 6 heteroatoms. The minimum absolute atomic E-state index is 0.00891. The van der Waals surface area contributed by atoms with Crippen molar-refractivity contribution in [1.29, 1.82) is 0 Å². The van der Waals surface area contributed by atoms with Crippen LogP contribution in [0.4, 0.5) is 0 Å². The van der Waals surface area contributed by atoms with E-state index in [0.29, 0.717) is 13.0 Å². The first-order valence-electron chi connectivity index (χ1n) is 7.43. The number of nitrogens with one attached hydrogen (secondary N) is 1. The molecule has 2 heterocycles. The molecule has 1 aliphatic carbocycles. The second-order valence-electron chi connectivity index (χ2n) is 5.84. The van der Waals surface area contributed by atoms with Crippen LogP contribution < -0.4 is 5.32 Å². The molecule has 1 aromatic heterocycles. The fourth-order valence-electron chi connectivity index (χ4n) is 3.44. The molecule has 1 saturated carbocycles. The number of amides is 2. The van der Waals surface area contributed by atoms with E-state index in [0.717, 1.165) is 34.3 Å². The van der Waals surface area contributed by atoms with Gasteiger partial charge in [-0.25, -0.2) is 0 Å². The Hall–Kier alpha value is -0.880. The maximum absolute atomic E-state index is 13.0. The van der Waals surface area contributed by atoms with Gasteiger partial charge in [-0.1, -0.05) is 19.8 Å². The maximum atomic E-state index is 13.0. The number of halogens is 1. The third-order valence-electron chi connectivity index (χ3n) is 4.51. The molecule has 1 aliphatic heterocycles. The van der Waals surface area contributed by atoms with Crippen LogP contribution >= 0.6 is 27.3 Å². The van der Waals surface area contributed by atoms with E-state index in [4.69, 9.17) is 0 Å². The summed E-state index contributed by atoms with van der Waals surface area (Å²) in [5.41, 5.74) is -0.628. The van der Waals surface area contributed by atoms with Crippen LogP contribution in [0.25, 0.3) is 0 Å². The predicted molar refractivity (Wildman–Crippen MR) is 86.0 cm³/mol. The van der Waals surface area contributed by atoms with Gasteiger partial charge >= 0.3 is 0 Å². The number of carbonyl (C=O) groups is 2. The Kier molecular flexibility index (Phi) is 4.10. The maximum Gasteiger partial charge on any atom is 0.249 e. The molecular formula is C15H19BrN2O2S. The smallest absolute Gasteiger partial charge is 0.249 e. The molecule has 1 unspecified atom stereocenters. The fourth-order valence-corrected chi connectivity index (χ4v) is 4.92. The van der Waals surface area contributed by atoms with Crippen molar-refractivity contribution in [2.45, 2.75) is 57.2 Å². The molecule has 1 N–H and O–H groups in total. The van der Waals surface area contributed by atoms with E-state index < -0.39 is 5.54 Å². The molecule has 1 saturated heterocycles. The average Bonchev–Trinajstić information content (AvgIpc) is 3.06. The molecule has 0 aromatic carbocycles. The fraction of sp³-hybridized carbons (Fsp3) is 0.600. The van der Waals surface area contributed by atoms with Crippen LogP contribution in [0.1, 0.15) is 43.9 Å². The van der Waals surface area contributed by atoms with Gasteiger partial charge in [-0.05, 0) is 47.3 Å². The normalized spacial score (nSPS) is 24.7. The highest BCUT2D eigenvalue weighted by molar-refractivity contribution is 9.11. The monoisotopic (exact) mass is 370 g/mol. The SMILES string of the molecule is CCC1C(=O)NC2(CCCC2)C(=O)N1Cc1ccc(Br)s1. The van der Waals surface area contributed by atoms with Crippen molar-refractivity contribution in [3.05, 3.63) is 20.8 Å². The summed E-state index contributed by atoms with van der Waals surface area (Å²) in [6, 6.07) is 3.66. The van der Waals surface area contributed by atoms with Crippen molar-refractivity contribution in [3.8, 4) is 0 Å². The van der Waals surface area contributed by atoms with Crippen LogP contribution in [-0.4, -0.2) is 28.3 Å². The highest BCUT2D eigenvalue weighted by atomic mass is 79.9. The molecular weight excluding hydrogens is 352 g/mol. The van der Waals surface area contributed by atoms with E-state index in [1.165, 1.54) is 0 Å². The zero-order chi connectivity index (χ0) is 15.0. The first-order chi connectivity index (χ1) is 10.1. The van der Waals surface area contributed by atoms with Gasteiger partial charge in [-0.3, -0.25) is 9.59 Å². The lowest BCUT2D eigenvalue weighted by molar-refractivity contribution is -0.155. The Labute approximate surface area is 137 Å². The molecule has 3 rings (SSSR count). The van der Waals surface area contributed by atoms with Gasteiger partial charge in [0, 0.05) is 4.88 Å². The summed E-state index contributed by atoms with van der Waals surface area (Å²) in [4.78, 5) is 28.3. The van der Waals surface area contributed by atoms with Crippen LogP contribution in [0.15, 0.2) is 15.9 Å². The van der Waals surface area contributed by atoms with E-state index in [9.17, 15) is 9.59 Å². The standard InChI is InChI=1S/C15H19BrN2O2S/c1-2-11-13(19)17-15(7-3-4-8-15)14(20)18(11)9-10-5-6-12(16)21-10/h5-6,11H,2-4,7-9H2,1H3,(H,17,19). The van der Waals surface area contributed by atoms with E-state index >= 15 is 0 Å². The first kappa shape index (κ1) is 15.0. The predicted octanol–water partition coefficient (Wildman–Crippen LogP) is 3.06. The van der Waals surface area contributed by atoms with E-state index in [2.05, 4.69) is 21.2 Å². The summed E-state index contributed by atoms with van der Waals surface area (Å²) >= 11 is 5.07. The minimum Gasteiger partial charge on any atom is -0.340 e. The molecule has 114 valence electrons. The van der Waals surface area contributed by atoms with Crippen molar-refractivity contribution in [2.24, 2.45) is 0 Å². The summed E-state index contributed by atoms with van der Waals surface area (Å²) in [6.07, 6.45) is 4.24. The van der Waals surface area contributed by atoms with Gasteiger partial charge in [0.2, 0.25) is 11.8 Å². The van der Waals surface area contributed by atoms with Gasteiger partial charge in [0.05, 0.1) is 10.3 Å². The summed E-state index contributed by atoms with van der Waals surface area (Å²) < 4.78 is 1.05. The molecule has 1 aromatic rings. The molecule has 0 bridgehead atoms. The number of hydrogen-bond donors (Lipinski definition) is 1. The molecule has 2 aliphatic rings. The highest BCUT2D eigenvalue weighted by Gasteiger charge is 2.51. The van der Waals surface area contributed by atoms with Crippen molar-refractivity contribution in [2.75, 3.05) is 0 Å². The van der Waals surface area contributed by atoms with E-state index in [1.54, 1.807) is 16.2 Å². The molecule has 1 spiro atoms. The number of hydrogen-bond acceptors (Lipinski definition) is 3. The summed E-state index contributed by atoms with van der Waals surface area (Å²) in [5.74, 6) is 0.116. The highest BCUT2D eigenvalue weighted by Crippen LogP contribution is 2.36. The Morgan fingerprint density at radius 1 is 1.38 bits per heavy atom. The van der Waals surface area contributed by atoms with Crippen molar-refractivity contribution >= 4 is 39.1 Å².